The molecule has 1 aliphatic heterocycles. The van der Waals surface area contributed by atoms with Crippen LogP contribution < -0.4 is 10.5 Å². The molecule has 1 fully saturated rings. The van der Waals surface area contributed by atoms with E-state index in [0.29, 0.717) is 30.1 Å². The summed E-state index contributed by atoms with van der Waals surface area (Å²) in [6.45, 7) is 0.306. The van der Waals surface area contributed by atoms with Gasteiger partial charge >= 0.3 is 5.97 Å². The summed E-state index contributed by atoms with van der Waals surface area (Å²) < 4.78 is 7.11. The minimum Gasteiger partial charge on any atom is -0.497 e. The van der Waals surface area contributed by atoms with Gasteiger partial charge in [-0.1, -0.05) is 55.3 Å². The molecule has 3 atom stereocenters. The standard InChI is InChI=1S/C16H25NO2.C15H13NO3.C4H11NO3.ClH/c1-17(2)12-14-7-4-5-10-16(14,18)13-8-6-9-15(11-13)19-3;17-14(10-4-2-1-3-5-10)13-7-6-12-11(15(18)19)8-9-16(12)13;5-4(1-6,2-7)3-8;/h6,8-9,11,14,18H,4-5,7,10,12H2,1-3H3;1-7,11H,8-9H2,(H,18,19);6-8H,1-3,5H2;1H/t14-,16+;;;/m1.../s1. The van der Waals surface area contributed by atoms with Crippen LogP contribution in [-0.2, 0) is 16.9 Å². The minimum absolute atomic E-state index is 0. The Morgan fingerprint density at radius 3 is 2.19 bits per heavy atom. The number of carboxylic acids is 1. The lowest BCUT2D eigenvalue weighted by molar-refractivity contribution is -0.138. The highest BCUT2D eigenvalue weighted by Gasteiger charge is 2.40. The van der Waals surface area contributed by atoms with Crippen molar-refractivity contribution in [3.05, 3.63) is 89.2 Å². The van der Waals surface area contributed by atoms with Crippen LogP contribution in [0.4, 0.5) is 0 Å². The van der Waals surface area contributed by atoms with Crippen LogP contribution in [0.2, 0.25) is 0 Å². The van der Waals surface area contributed by atoms with Gasteiger partial charge in [-0.15, -0.1) is 12.4 Å². The van der Waals surface area contributed by atoms with E-state index in [1.54, 1.807) is 31.4 Å². The van der Waals surface area contributed by atoms with E-state index < -0.39 is 42.8 Å². The lowest BCUT2D eigenvalue weighted by atomic mass is 9.71. The Morgan fingerprint density at radius 1 is 0.979 bits per heavy atom. The number of carboxylic acid groups (broad SMARTS) is 1. The number of nitrogens with two attached hydrogens (primary N) is 1. The maximum absolute atomic E-state index is 12.4. The number of fused-ring (bicyclic) bond motifs is 1. The molecule has 47 heavy (non-hydrogen) atoms. The third kappa shape index (κ3) is 10.1. The van der Waals surface area contributed by atoms with Gasteiger partial charge in [-0.2, -0.15) is 0 Å². The molecule has 11 nitrogen and oxygen atoms in total. The molecule has 1 saturated carbocycles. The normalized spacial score (nSPS) is 20.1. The van der Waals surface area contributed by atoms with E-state index in [1.165, 1.54) is 6.42 Å². The Morgan fingerprint density at radius 2 is 1.64 bits per heavy atom. The maximum Gasteiger partial charge on any atom is 0.312 e. The number of carbonyl (C=O) groups excluding carboxylic acids is 1. The van der Waals surface area contributed by atoms with Crippen molar-refractivity contribution in [3.8, 4) is 5.75 Å². The van der Waals surface area contributed by atoms with Crippen LogP contribution in [0.5, 0.6) is 5.75 Å². The number of carbonyl (C=O) groups is 2. The molecule has 0 amide bonds. The molecule has 3 aromatic rings. The zero-order valence-electron chi connectivity index (χ0n) is 27.4. The van der Waals surface area contributed by atoms with Gasteiger partial charge in [0.1, 0.15) is 5.75 Å². The van der Waals surface area contributed by atoms with Crippen molar-refractivity contribution >= 4 is 24.2 Å². The van der Waals surface area contributed by atoms with E-state index in [2.05, 4.69) is 19.0 Å². The molecule has 2 aromatic carbocycles. The van der Waals surface area contributed by atoms with E-state index in [1.807, 2.05) is 47.0 Å². The number of ether oxygens (including phenoxy) is 1. The monoisotopic (exact) mass is 675 g/mol. The molecule has 2 heterocycles. The van der Waals surface area contributed by atoms with Gasteiger partial charge in [-0.3, -0.25) is 9.59 Å². The summed E-state index contributed by atoms with van der Waals surface area (Å²) in [5, 5.41) is 45.3. The number of ketones is 1. The van der Waals surface area contributed by atoms with E-state index in [-0.39, 0.29) is 18.2 Å². The van der Waals surface area contributed by atoms with Crippen molar-refractivity contribution < 1.29 is 39.9 Å². The molecule has 0 spiro atoms. The largest absolute Gasteiger partial charge is 0.497 e. The Bertz CT molecular complexity index is 1400. The van der Waals surface area contributed by atoms with Crippen molar-refractivity contribution in [2.45, 2.75) is 55.7 Å². The SMILES string of the molecule is COc1cccc([C@@]2(O)CCCC[C@@H]2CN(C)C)c1.Cl.NC(CO)(CO)CO.O=C(c1ccccc1)c1ccc2n1CCC2C(=O)O. The van der Waals surface area contributed by atoms with Crippen molar-refractivity contribution in [1.82, 2.24) is 9.47 Å². The zero-order valence-corrected chi connectivity index (χ0v) is 28.2. The van der Waals surface area contributed by atoms with Crippen molar-refractivity contribution in [2.75, 3.05) is 47.6 Å². The molecule has 1 aromatic heterocycles. The molecule has 12 heteroatoms. The number of methoxy groups -OCH3 is 1. The van der Waals surface area contributed by atoms with Crippen LogP contribution in [0, 0.1) is 5.92 Å². The Labute approximate surface area is 283 Å². The number of aliphatic carboxylic acids is 1. The number of aliphatic hydroxyl groups excluding tert-OH is 3. The van der Waals surface area contributed by atoms with Gasteiger partial charge < -0.3 is 45.5 Å². The predicted molar refractivity (Wildman–Crippen MR) is 182 cm³/mol. The van der Waals surface area contributed by atoms with E-state index in [4.69, 9.17) is 30.9 Å². The van der Waals surface area contributed by atoms with Crippen LogP contribution in [0.15, 0.2) is 66.7 Å². The fraction of sp³-hybridized carbons (Fsp3) is 0.486. The summed E-state index contributed by atoms with van der Waals surface area (Å²) in [4.78, 5) is 25.7. The van der Waals surface area contributed by atoms with Gasteiger partial charge in [0.2, 0.25) is 5.78 Å². The smallest absolute Gasteiger partial charge is 0.312 e. The van der Waals surface area contributed by atoms with Crippen LogP contribution in [-0.4, -0.2) is 99.9 Å². The average molecular weight is 676 g/mol. The third-order valence-electron chi connectivity index (χ3n) is 8.72. The lowest BCUT2D eigenvalue weighted by Crippen LogP contribution is -2.50. The molecular formula is C35H50ClN3O8. The Hall–Kier alpha value is -3.29. The first-order valence-corrected chi connectivity index (χ1v) is 15.6. The highest BCUT2D eigenvalue weighted by atomic mass is 35.5. The molecule has 7 N–H and O–H groups in total. The number of aromatic nitrogens is 1. The molecule has 260 valence electrons. The molecule has 2 aliphatic rings. The molecule has 5 rings (SSSR count). The minimum atomic E-state index is -1.21. The molecule has 0 saturated heterocycles. The summed E-state index contributed by atoms with van der Waals surface area (Å²) >= 11 is 0. The van der Waals surface area contributed by atoms with Crippen LogP contribution in [0.3, 0.4) is 0 Å². The van der Waals surface area contributed by atoms with Gasteiger partial charge in [0.05, 0.1) is 49.7 Å². The Balaban J connectivity index is 0.000000263. The third-order valence-corrected chi connectivity index (χ3v) is 8.72. The molecular weight excluding hydrogens is 626 g/mol. The molecule has 1 unspecified atom stereocenters. The summed E-state index contributed by atoms with van der Waals surface area (Å²) in [6, 6.07) is 20.4. The fourth-order valence-corrected chi connectivity index (χ4v) is 5.96. The first-order chi connectivity index (χ1) is 21.9. The molecule has 0 bridgehead atoms. The highest BCUT2D eigenvalue weighted by Crippen LogP contribution is 2.42. The quantitative estimate of drug-likeness (QED) is 0.175. The van der Waals surface area contributed by atoms with Gasteiger partial charge in [0.25, 0.3) is 0 Å². The fourth-order valence-electron chi connectivity index (χ4n) is 5.96. The topological polar surface area (TPSA) is 179 Å². The second-order valence-electron chi connectivity index (χ2n) is 12.4. The van der Waals surface area contributed by atoms with Gasteiger partial charge in [0.15, 0.2) is 0 Å². The summed E-state index contributed by atoms with van der Waals surface area (Å²) in [5.41, 5.74) is 6.15. The highest BCUT2D eigenvalue weighted by molar-refractivity contribution is 6.08. The number of hydrogen-bond donors (Lipinski definition) is 6. The van der Waals surface area contributed by atoms with Gasteiger partial charge in [0, 0.05) is 30.3 Å². The number of rotatable bonds is 10. The maximum atomic E-state index is 12.4. The lowest BCUT2D eigenvalue weighted by Gasteiger charge is -2.41. The predicted octanol–water partition coefficient (Wildman–Crippen LogP) is 3.01. The van der Waals surface area contributed by atoms with E-state index >= 15 is 0 Å². The number of benzene rings is 2. The van der Waals surface area contributed by atoms with E-state index in [0.717, 1.165) is 42.8 Å². The number of aliphatic hydroxyl groups is 4. The second kappa shape index (κ2) is 18.3. The number of nitrogens with zero attached hydrogens (tertiary/aromatic N) is 2. The molecule has 0 radical (unpaired) electrons. The van der Waals surface area contributed by atoms with Crippen molar-refractivity contribution in [3.63, 3.8) is 0 Å². The van der Waals surface area contributed by atoms with Crippen LogP contribution in [0.1, 0.15) is 65.3 Å². The summed E-state index contributed by atoms with van der Waals surface area (Å²) in [7, 11) is 5.81. The van der Waals surface area contributed by atoms with Crippen molar-refractivity contribution in [1.29, 1.82) is 0 Å². The number of hydrogen-bond acceptors (Lipinski definition) is 9. The second-order valence-corrected chi connectivity index (χ2v) is 12.4. The molecule has 1 aliphatic carbocycles. The van der Waals surface area contributed by atoms with Crippen molar-refractivity contribution in [2.24, 2.45) is 11.7 Å². The summed E-state index contributed by atoms with van der Waals surface area (Å²) in [5.74, 6) is -0.255. The van der Waals surface area contributed by atoms with E-state index in [9.17, 15) is 14.7 Å². The average Bonchev–Trinajstić information content (AvgIpc) is 3.69. The number of halogens is 1. The van der Waals surface area contributed by atoms with Gasteiger partial charge in [-0.25, -0.2) is 0 Å². The Kier molecular flexibility index (Phi) is 15.5. The first-order valence-electron chi connectivity index (χ1n) is 15.6. The van der Waals surface area contributed by atoms with Crippen LogP contribution >= 0.6 is 12.4 Å². The van der Waals surface area contributed by atoms with Gasteiger partial charge in [-0.05, 0) is 63.2 Å². The summed E-state index contributed by atoms with van der Waals surface area (Å²) in [6.07, 6.45) is 4.80. The van der Waals surface area contributed by atoms with Crippen LogP contribution in [0.25, 0.3) is 0 Å². The first kappa shape index (κ1) is 39.9. The zero-order chi connectivity index (χ0) is 33.9.